The first kappa shape index (κ1) is 13.7. The minimum Gasteiger partial charge on any atom is -0.426 e. The predicted octanol–water partition coefficient (Wildman–Crippen LogP) is 4.23. The summed E-state index contributed by atoms with van der Waals surface area (Å²) in [4.78, 5) is 6.83. The Hall–Kier alpha value is -1.68. The molecule has 0 aliphatic heterocycles. The van der Waals surface area contributed by atoms with Crippen molar-refractivity contribution in [1.82, 2.24) is 4.98 Å². The molecule has 0 bridgehead atoms. The fourth-order valence-corrected chi connectivity index (χ4v) is 2.16. The van der Waals surface area contributed by atoms with Crippen molar-refractivity contribution in [2.45, 2.75) is 20.8 Å². The van der Waals surface area contributed by atoms with Gasteiger partial charge in [0.2, 0.25) is 5.89 Å². The normalized spacial score (nSPS) is 10.5. The van der Waals surface area contributed by atoms with Crippen LogP contribution in [-0.4, -0.2) is 18.1 Å². The van der Waals surface area contributed by atoms with E-state index >= 15 is 0 Å². The monoisotopic (exact) mass is 274 g/mol. The molecule has 3 nitrogen and oxygen atoms in total. The molecule has 1 heterocycles. The minimum absolute atomic E-state index is 0.510. The van der Waals surface area contributed by atoms with Gasteiger partial charge in [-0.3, -0.25) is 0 Å². The van der Waals surface area contributed by atoms with Crippen LogP contribution in [-0.2, 0) is 0 Å². The molecule has 100 valence electrons. The van der Waals surface area contributed by atoms with Gasteiger partial charge in [-0.2, -0.15) is 4.98 Å². The number of nitrogens with zero attached hydrogens (tertiary/aromatic N) is 2. The zero-order valence-corrected chi connectivity index (χ0v) is 12.3. The van der Waals surface area contributed by atoms with Crippen LogP contribution in [0.1, 0.15) is 19.4 Å². The lowest BCUT2D eigenvalue weighted by Crippen LogP contribution is -2.24. The lowest BCUT2D eigenvalue weighted by atomic mass is 10.2. The Labute approximate surface area is 118 Å². The van der Waals surface area contributed by atoms with E-state index < -0.39 is 0 Å². The molecule has 0 spiro atoms. The lowest BCUT2D eigenvalue weighted by Gasteiger charge is -2.21. The van der Waals surface area contributed by atoms with Gasteiger partial charge in [0.15, 0.2) is 4.71 Å². The molecule has 0 atom stereocenters. The number of benzene rings is 1. The van der Waals surface area contributed by atoms with Crippen molar-refractivity contribution < 1.29 is 4.42 Å². The van der Waals surface area contributed by atoms with Crippen LogP contribution >= 0.6 is 12.2 Å². The van der Waals surface area contributed by atoms with Crippen LogP contribution in [0.2, 0.25) is 0 Å². The molecule has 2 rings (SSSR count). The highest BCUT2D eigenvalue weighted by Gasteiger charge is 2.13. The van der Waals surface area contributed by atoms with Crippen LogP contribution in [0, 0.1) is 11.6 Å². The van der Waals surface area contributed by atoms with Gasteiger partial charge in [0, 0.05) is 24.2 Å². The maximum Gasteiger partial charge on any atom is 0.229 e. The first-order valence-corrected chi connectivity index (χ1v) is 6.90. The highest BCUT2D eigenvalue weighted by molar-refractivity contribution is 7.71. The smallest absolute Gasteiger partial charge is 0.229 e. The topological polar surface area (TPSA) is 29.3 Å². The van der Waals surface area contributed by atoms with E-state index in [-0.39, 0.29) is 0 Å². The molecule has 0 amide bonds. The summed E-state index contributed by atoms with van der Waals surface area (Å²) in [6.07, 6.45) is 0. The van der Waals surface area contributed by atoms with E-state index in [4.69, 9.17) is 16.6 Å². The second kappa shape index (κ2) is 5.97. The highest BCUT2D eigenvalue weighted by Crippen LogP contribution is 2.25. The third-order valence-corrected chi connectivity index (χ3v) is 3.51. The maximum atomic E-state index is 5.65. The third-order valence-electron chi connectivity index (χ3n) is 3.12. The Morgan fingerprint density at radius 2 is 1.79 bits per heavy atom. The van der Waals surface area contributed by atoms with Crippen LogP contribution in [0.5, 0.6) is 0 Å². The van der Waals surface area contributed by atoms with E-state index in [0.717, 1.165) is 30.0 Å². The first-order valence-electron chi connectivity index (χ1n) is 6.49. The van der Waals surface area contributed by atoms with Gasteiger partial charge < -0.3 is 9.32 Å². The van der Waals surface area contributed by atoms with E-state index in [2.05, 4.69) is 23.7 Å². The molecule has 0 fully saturated rings. The van der Waals surface area contributed by atoms with Gasteiger partial charge >= 0.3 is 0 Å². The van der Waals surface area contributed by atoms with Crippen LogP contribution in [0.4, 0.5) is 5.82 Å². The van der Waals surface area contributed by atoms with Crippen LogP contribution in [0.15, 0.2) is 34.7 Å². The van der Waals surface area contributed by atoms with Crippen molar-refractivity contribution in [3.05, 3.63) is 40.6 Å². The Balaban J connectivity index is 2.57. The molecule has 4 heteroatoms. The third kappa shape index (κ3) is 2.84. The summed E-state index contributed by atoms with van der Waals surface area (Å²) in [7, 11) is 0. The number of hydrogen-bond donors (Lipinski definition) is 0. The SMILES string of the molecule is CCN(CC)c1nc(-c2ccccc2)oc(=S)c1C. The van der Waals surface area contributed by atoms with Gasteiger partial charge in [0.1, 0.15) is 5.82 Å². The standard InChI is InChI=1S/C15H18N2OS/c1-4-17(5-2)13-11(3)15(19)18-14(16-13)12-9-7-6-8-10-12/h6-10H,4-5H2,1-3H3. The molecule has 0 aliphatic rings. The summed E-state index contributed by atoms with van der Waals surface area (Å²) in [6.45, 7) is 7.98. The molecule has 0 saturated carbocycles. The van der Waals surface area contributed by atoms with E-state index in [1.807, 2.05) is 37.3 Å². The van der Waals surface area contributed by atoms with E-state index in [1.54, 1.807) is 0 Å². The number of anilines is 1. The second-order valence-electron chi connectivity index (χ2n) is 4.29. The molecular formula is C15H18N2OS. The summed E-state index contributed by atoms with van der Waals surface area (Å²) in [6, 6.07) is 9.85. The first-order chi connectivity index (χ1) is 9.17. The molecule has 1 aromatic carbocycles. The Kier molecular flexibility index (Phi) is 4.32. The Bertz CT molecular complexity index is 603. The molecule has 0 radical (unpaired) electrons. The van der Waals surface area contributed by atoms with E-state index in [9.17, 15) is 0 Å². The number of hydrogen-bond acceptors (Lipinski definition) is 4. The molecular weight excluding hydrogens is 256 g/mol. The van der Waals surface area contributed by atoms with Gasteiger partial charge in [0.05, 0.1) is 0 Å². The second-order valence-corrected chi connectivity index (χ2v) is 4.66. The highest BCUT2D eigenvalue weighted by atomic mass is 32.1. The zero-order valence-electron chi connectivity index (χ0n) is 11.5. The summed E-state index contributed by atoms with van der Waals surface area (Å²) in [5, 5.41) is 0. The van der Waals surface area contributed by atoms with Gasteiger partial charge in [0.25, 0.3) is 0 Å². The van der Waals surface area contributed by atoms with Crippen molar-refractivity contribution in [2.24, 2.45) is 0 Å². The minimum atomic E-state index is 0.510. The average Bonchev–Trinajstić information content (AvgIpc) is 2.45. The van der Waals surface area contributed by atoms with E-state index in [0.29, 0.717) is 10.6 Å². The van der Waals surface area contributed by atoms with Crippen LogP contribution in [0.3, 0.4) is 0 Å². The maximum absolute atomic E-state index is 5.65. The van der Waals surface area contributed by atoms with Crippen molar-refractivity contribution in [1.29, 1.82) is 0 Å². The van der Waals surface area contributed by atoms with Crippen LogP contribution in [0.25, 0.3) is 11.5 Å². The molecule has 0 unspecified atom stereocenters. The van der Waals surface area contributed by atoms with Crippen molar-refractivity contribution in [3.63, 3.8) is 0 Å². The Morgan fingerprint density at radius 3 is 2.37 bits per heavy atom. The largest absolute Gasteiger partial charge is 0.426 e. The fourth-order valence-electron chi connectivity index (χ4n) is 1.99. The molecule has 2 aromatic rings. The van der Waals surface area contributed by atoms with Crippen molar-refractivity contribution in [3.8, 4) is 11.5 Å². The number of aromatic nitrogens is 1. The molecule has 0 saturated heterocycles. The van der Waals surface area contributed by atoms with Crippen molar-refractivity contribution in [2.75, 3.05) is 18.0 Å². The quantitative estimate of drug-likeness (QED) is 0.780. The molecule has 0 N–H and O–H groups in total. The average molecular weight is 274 g/mol. The predicted molar refractivity (Wildman–Crippen MR) is 81.1 cm³/mol. The van der Waals surface area contributed by atoms with Crippen LogP contribution < -0.4 is 4.90 Å². The van der Waals surface area contributed by atoms with E-state index in [1.165, 1.54) is 0 Å². The summed E-state index contributed by atoms with van der Waals surface area (Å²) >= 11 is 5.31. The summed E-state index contributed by atoms with van der Waals surface area (Å²) in [5.74, 6) is 1.50. The molecule has 0 aliphatic carbocycles. The summed E-state index contributed by atoms with van der Waals surface area (Å²) < 4.78 is 6.16. The fraction of sp³-hybridized carbons (Fsp3) is 0.333. The number of rotatable bonds is 4. The Morgan fingerprint density at radius 1 is 1.16 bits per heavy atom. The van der Waals surface area contributed by atoms with Gasteiger partial charge in [-0.25, -0.2) is 0 Å². The van der Waals surface area contributed by atoms with Gasteiger partial charge in [-0.05, 0) is 45.1 Å². The molecule has 1 aromatic heterocycles. The lowest BCUT2D eigenvalue weighted by molar-refractivity contribution is 0.523. The molecule has 19 heavy (non-hydrogen) atoms. The van der Waals surface area contributed by atoms with Gasteiger partial charge in [-0.1, -0.05) is 18.2 Å². The van der Waals surface area contributed by atoms with Crippen molar-refractivity contribution >= 4 is 18.0 Å². The van der Waals surface area contributed by atoms with Gasteiger partial charge in [-0.15, -0.1) is 0 Å². The zero-order chi connectivity index (χ0) is 13.8. The summed E-state index contributed by atoms with van der Waals surface area (Å²) in [5.41, 5.74) is 1.88.